The number of hydrogen-bond donors (Lipinski definition) is 1. The van der Waals surface area contributed by atoms with Crippen LogP contribution in [0.25, 0.3) is 0 Å². The molecule has 2 atom stereocenters. The van der Waals surface area contributed by atoms with E-state index in [1.165, 1.54) is 0 Å². The van der Waals surface area contributed by atoms with Crippen molar-refractivity contribution in [2.45, 2.75) is 84.8 Å². The maximum absolute atomic E-state index is 13.0. The molecule has 0 bridgehead atoms. The first-order valence-corrected chi connectivity index (χ1v) is 7.76. The van der Waals surface area contributed by atoms with Crippen LogP contribution in [0.5, 0.6) is 0 Å². The van der Waals surface area contributed by atoms with Gasteiger partial charge in [-0.2, -0.15) is 0 Å². The lowest BCUT2D eigenvalue weighted by Gasteiger charge is -2.52. The quantitative estimate of drug-likeness (QED) is 0.843. The van der Waals surface area contributed by atoms with Gasteiger partial charge in [0, 0.05) is 5.54 Å². The molecule has 20 heavy (non-hydrogen) atoms. The predicted octanol–water partition coefficient (Wildman–Crippen LogP) is 2.72. The Labute approximate surface area is 123 Å². The van der Waals surface area contributed by atoms with Crippen LogP contribution in [0.2, 0.25) is 0 Å². The summed E-state index contributed by atoms with van der Waals surface area (Å²) in [6.07, 6.45) is 2.50. The van der Waals surface area contributed by atoms with E-state index in [1.807, 2.05) is 32.6 Å². The third-order valence-electron chi connectivity index (χ3n) is 4.49. The van der Waals surface area contributed by atoms with Crippen molar-refractivity contribution in [3.63, 3.8) is 0 Å². The molecule has 0 radical (unpaired) electrons. The second kappa shape index (κ2) is 5.74. The minimum atomic E-state index is -0.770. The van der Waals surface area contributed by atoms with E-state index in [9.17, 15) is 9.59 Å². The highest BCUT2D eigenvalue weighted by molar-refractivity contribution is 6.00. The average Bonchev–Trinajstić information content (AvgIpc) is 2.32. The SMILES string of the molecule is CCCC(C)(C)N1C(=O)C(C)(CC)NC(=O)C1C(C)C. The monoisotopic (exact) mass is 282 g/mol. The van der Waals surface area contributed by atoms with Crippen molar-refractivity contribution in [2.24, 2.45) is 5.92 Å². The molecule has 0 aromatic heterocycles. The Morgan fingerprint density at radius 2 is 1.85 bits per heavy atom. The highest BCUT2D eigenvalue weighted by Gasteiger charge is 2.52. The lowest BCUT2D eigenvalue weighted by atomic mass is 9.83. The number of hydrogen-bond acceptors (Lipinski definition) is 2. The third kappa shape index (κ3) is 2.84. The van der Waals surface area contributed by atoms with Crippen molar-refractivity contribution in [3.05, 3.63) is 0 Å². The summed E-state index contributed by atoms with van der Waals surface area (Å²) in [7, 11) is 0. The number of carbonyl (C=O) groups excluding carboxylic acids is 2. The first-order valence-electron chi connectivity index (χ1n) is 7.76. The molecule has 0 saturated carbocycles. The fraction of sp³-hybridized carbons (Fsp3) is 0.875. The summed E-state index contributed by atoms with van der Waals surface area (Å²) in [5.74, 6) is 0.140. The van der Waals surface area contributed by atoms with Crippen LogP contribution in [0.1, 0.15) is 67.7 Å². The summed E-state index contributed by atoms with van der Waals surface area (Å²) in [5.41, 5.74) is -1.07. The van der Waals surface area contributed by atoms with Crippen molar-refractivity contribution in [1.29, 1.82) is 0 Å². The molecule has 1 aliphatic rings. The molecule has 1 fully saturated rings. The Morgan fingerprint density at radius 1 is 1.30 bits per heavy atom. The largest absolute Gasteiger partial charge is 0.340 e. The summed E-state index contributed by atoms with van der Waals surface area (Å²) in [4.78, 5) is 27.3. The molecule has 1 N–H and O–H groups in total. The van der Waals surface area contributed by atoms with Crippen LogP contribution in [-0.2, 0) is 9.59 Å². The van der Waals surface area contributed by atoms with Crippen molar-refractivity contribution < 1.29 is 9.59 Å². The zero-order valence-electron chi connectivity index (χ0n) is 14.0. The average molecular weight is 282 g/mol. The van der Waals surface area contributed by atoms with Crippen molar-refractivity contribution in [3.8, 4) is 0 Å². The minimum Gasteiger partial charge on any atom is -0.340 e. The van der Waals surface area contributed by atoms with Crippen LogP contribution in [0, 0.1) is 5.92 Å². The number of carbonyl (C=O) groups is 2. The van der Waals surface area contributed by atoms with Gasteiger partial charge in [-0.05, 0) is 39.5 Å². The molecule has 1 aliphatic heterocycles. The van der Waals surface area contributed by atoms with Gasteiger partial charge in [0.05, 0.1) is 0 Å². The first kappa shape index (κ1) is 17.0. The summed E-state index contributed by atoms with van der Waals surface area (Å²) in [5, 5.41) is 2.94. The smallest absolute Gasteiger partial charge is 0.249 e. The second-order valence-electron chi connectivity index (χ2n) is 7.10. The molecule has 0 aliphatic carbocycles. The molecule has 4 nitrogen and oxygen atoms in total. The number of amides is 2. The van der Waals surface area contributed by atoms with E-state index in [0.717, 1.165) is 12.8 Å². The van der Waals surface area contributed by atoms with Crippen LogP contribution in [0.4, 0.5) is 0 Å². The summed E-state index contributed by atoms with van der Waals surface area (Å²) in [6, 6.07) is -0.372. The van der Waals surface area contributed by atoms with E-state index >= 15 is 0 Å². The number of piperazine rings is 1. The summed E-state index contributed by atoms with van der Waals surface area (Å²) in [6.45, 7) is 14.0. The number of nitrogens with zero attached hydrogens (tertiary/aromatic N) is 1. The van der Waals surface area contributed by atoms with E-state index in [2.05, 4.69) is 26.1 Å². The van der Waals surface area contributed by atoms with Crippen molar-refractivity contribution in [2.75, 3.05) is 0 Å². The highest BCUT2D eigenvalue weighted by atomic mass is 16.2. The number of rotatable bonds is 5. The van der Waals surface area contributed by atoms with Crippen molar-refractivity contribution >= 4 is 11.8 Å². The predicted molar refractivity (Wildman–Crippen MR) is 81.3 cm³/mol. The summed E-state index contributed by atoms with van der Waals surface area (Å²) < 4.78 is 0. The fourth-order valence-corrected chi connectivity index (χ4v) is 3.13. The molecule has 0 aromatic rings. The van der Waals surface area contributed by atoms with Crippen LogP contribution in [0.3, 0.4) is 0 Å². The topological polar surface area (TPSA) is 49.4 Å². The van der Waals surface area contributed by atoms with Gasteiger partial charge in [0.15, 0.2) is 0 Å². The Hall–Kier alpha value is -1.06. The van der Waals surface area contributed by atoms with Crippen molar-refractivity contribution in [1.82, 2.24) is 10.2 Å². The van der Waals surface area contributed by atoms with Gasteiger partial charge in [-0.3, -0.25) is 9.59 Å². The molecule has 1 saturated heterocycles. The van der Waals surface area contributed by atoms with E-state index in [1.54, 1.807) is 0 Å². The maximum atomic E-state index is 13.0. The zero-order valence-corrected chi connectivity index (χ0v) is 14.0. The van der Waals surface area contributed by atoms with Crippen LogP contribution >= 0.6 is 0 Å². The van der Waals surface area contributed by atoms with Gasteiger partial charge < -0.3 is 10.2 Å². The summed E-state index contributed by atoms with van der Waals surface area (Å²) >= 11 is 0. The van der Waals surface area contributed by atoms with Gasteiger partial charge in [-0.15, -0.1) is 0 Å². The normalized spacial score (nSPS) is 28.0. The van der Waals surface area contributed by atoms with Gasteiger partial charge in [0.2, 0.25) is 11.8 Å². The van der Waals surface area contributed by atoms with E-state index in [0.29, 0.717) is 6.42 Å². The Balaban J connectivity index is 3.28. The van der Waals surface area contributed by atoms with Crippen LogP contribution in [0.15, 0.2) is 0 Å². The second-order valence-corrected chi connectivity index (χ2v) is 7.10. The molecule has 2 unspecified atom stereocenters. The molecular weight excluding hydrogens is 252 g/mol. The third-order valence-corrected chi connectivity index (χ3v) is 4.49. The van der Waals surface area contributed by atoms with Gasteiger partial charge >= 0.3 is 0 Å². The Bertz CT molecular complexity index is 390. The van der Waals surface area contributed by atoms with E-state index < -0.39 is 5.54 Å². The fourth-order valence-electron chi connectivity index (χ4n) is 3.13. The minimum absolute atomic E-state index is 0.0203. The van der Waals surface area contributed by atoms with Gasteiger partial charge in [0.1, 0.15) is 11.6 Å². The molecule has 4 heteroatoms. The van der Waals surface area contributed by atoms with Gasteiger partial charge in [-0.25, -0.2) is 0 Å². The standard InChI is InChI=1S/C16H30N2O2/c1-8-10-15(5,6)18-12(11(3)4)13(19)17-16(7,9-2)14(18)20/h11-12H,8-10H2,1-7H3,(H,17,19). The highest BCUT2D eigenvalue weighted by Crippen LogP contribution is 2.33. The van der Waals surface area contributed by atoms with E-state index in [-0.39, 0.29) is 29.3 Å². The van der Waals surface area contributed by atoms with Crippen LogP contribution in [-0.4, -0.2) is 33.8 Å². The van der Waals surface area contributed by atoms with E-state index in [4.69, 9.17) is 0 Å². The van der Waals surface area contributed by atoms with Crippen LogP contribution < -0.4 is 5.32 Å². The molecule has 1 heterocycles. The zero-order chi connectivity index (χ0) is 15.7. The molecule has 0 spiro atoms. The molecule has 0 aromatic carbocycles. The lowest BCUT2D eigenvalue weighted by Crippen LogP contribution is -2.73. The van der Waals surface area contributed by atoms with Gasteiger partial charge in [-0.1, -0.05) is 34.1 Å². The lowest BCUT2D eigenvalue weighted by molar-refractivity contribution is -0.164. The molecule has 116 valence electrons. The Morgan fingerprint density at radius 3 is 2.25 bits per heavy atom. The molecule has 1 rings (SSSR count). The number of nitrogens with one attached hydrogen (secondary N) is 1. The Kier molecular flexibility index (Phi) is 4.88. The molecular formula is C16H30N2O2. The first-order chi connectivity index (χ1) is 9.10. The van der Waals surface area contributed by atoms with Gasteiger partial charge in [0.25, 0.3) is 0 Å². The molecule has 2 amide bonds. The maximum Gasteiger partial charge on any atom is 0.249 e.